The molecule has 7 heteroatoms. The van der Waals surface area contributed by atoms with Gasteiger partial charge in [-0.1, -0.05) is 19.1 Å². The van der Waals surface area contributed by atoms with Crippen molar-refractivity contribution in [3.63, 3.8) is 0 Å². The number of carbonyl (C=O) groups excluding carboxylic acids is 2. The highest BCUT2D eigenvalue weighted by molar-refractivity contribution is 7.15. The minimum absolute atomic E-state index is 0.0155. The Morgan fingerprint density at radius 2 is 2.14 bits per heavy atom. The number of amides is 2. The number of thiazole rings is 1. The van der Waals surface area contributed by atoms with Crippen molar-refractivity contribution in [2.24, 2.45) is 17.8 Å². The summed E-state index contributed by atoms with van der Waals surface area (Å²) < 4.78 is 0. The van der Waals surface area contributed by atoms with Gasteiger partial charge in [-0.05, 0) is 57.1 Å². The van der Waals surface area contributed by atoms with E-state index in [1.54, 1.807) is 11.3 Å². The second-order valence-electron chi connectivity index (χ2n) is 8.54. The van der Waals surface area contributed by atoms with E-state index in [0.717, 1.165) is 43.5 Å². The lowest BCUT2D eigenvalue weighted by molar-refractivity contribution is -0.126. The molecule has 0 radical (unpaired) electrons. The number of carbonyl (C=O) groups is 2. The molecule has 1 spiro atoms. The zero-order chi connectivity index (χ0) is 20.2. The summed E-state index contributed by atoms with van der Waals surface area (Å²) in [4.78, 5) is 31.5. The van der Waals surface area contributed by atoms with E-state index in [0.29, 0.717) is 10.7 Å². The Morgan fingerprint density at radius 1 is 1.31 bits per heavy atom. The fraction of sp³-hybridized carbons (Fsp3) is 0.500. The minimum Gasteiger partial charge on any atom is -0.362 e. The largest absolute Gasteiger partial charge is 0.362 e. The molecule has 152 valence electrons. The number of aryl methyl sites for hydroxylation is 2. The van der Waals surface area contributed by atoms with E-state index in [9.17, 15) is 9.59 Å². The molecule has 3 saturated carbocycles. The molecule has 2 aromatic rings. The molecule has 2 amide bonds. The summed E-state index contributed by atoms with van der Waals surface area (Å²) in [6.45, 7) is 4.13. The summed E-state index contributed by atoms with van der Waals surface area (Å²) in [6.07, 6.45) is 4.51. The number of hydrogen-bond acceptors (Lipinski definition) is 5. The van der Waals surface area contributed by atoms with Crippen molar-refractivity contribution in [3.8, 4) is 0 Å². The number of aromatic nitrogens is 1. The molecule has 1 aromatic heterocycles. The van der Waals surface area contributed by atoms with Crippen LogP contribution in [0, 0.1) is 24.7 Å². The fourth-order valence-electron chi connectivity index (χ4n) is 5.47. The molecule has 0 saturated heterocycles. The minimum atomic E-state index is -0.432. The van der Waals surface area contributed by atoms with Gasteiger partial charge in [-0.25, -0.2) is 4.98 Å². The van der Waals surface area contributed by atoms with E-state index in [4.69, 9.17) is 0 Å². The van der Waals surface area contributed by atoms with E-state index in [1.165, 1.54) is 4.88 Å². The van der Waals surface area contributed by atoms with Crippen molar-refractivity contribution in [1.29, 1.82) is 0 Å². The summed E-state index contributed by atoms with van der Waals surface area (Å²) in [7, 11) is 0. The maximum absolute atomic E-state index is 13.0. The second-order valence-corrected chi connectivity index (χ2v) is 9.74. The highest BCUT2D eigenvalue weighted by Crippen LogP contribution is 2.52. The van der Waals surface area contributed by atoms with Crippen molar-refractivity contribution < 1.29 is 9.59 Å². The lowest BCUT2D eigenvalue weighted by Crippen LogP contribution is -2.67. The number of nitrogens with zero attached hydrogens (tertiary/aromatic N) is 1. The first kappa shape index (κ1) is 18.6. The molecule has 1 aromatic carbocycles. The highest BCUT2D eigenvalue weighted by Gasteiger charge is 2.55. The topological polar surface area (TPSA) is 83.1 Å². The summed E-state index contributed by atoms with van der Waals surface area (Å²) >= 11 is 1.55. The van der Waals surface area contributed by atoms with E-state index < -0.39 is 5.66 Å². The first-order chi connectivity index (χ1) is 14.0. The molecule has 2 heterocycles. The van der Waals surface area contributed by atoms with Gasteiger partial charge in [0, 0.05) is 22.4 Å². The van der Waals surface area contributed by atoms with Crippen LogP contribution in [0.3, 0.4) is 0 Å². The quantitative estimate of drug-likeness (QED) is 0.716. The summed E-state index contributed by atoms with van der Waals surface area (Å²) in [5, 5.41) is 10.7. The Bertz CT molecular complexity index is 987. The van der Waals surface area contributed by atoms with Crippen molar-refractivity contribution in [1.82, 2.24) is 10.3 Å². The summed E-state index contributed by atoms with van der Waals surface area (Å²) in [5.41, 5.74) is 2.22. The Morgan fingerprint density at radius 3 is 2.86 bits per heavy atom. The molecule has 3 fully saturated rings. The number of para-hydroxylation sites is 1. The number of fused-ring (bicyclic) bond motifs is 3. The Hall–Kier alpha value is -2.41. The van der Waals surface area contributed by atoms with Crippen LogP contribution in [0.25, 0.3) is 0 Å². The molecule has 3 N–H and O–H groups in total. The van der Waals surface area contributed by atoms with E-state index in [1.807, 2.05) is 31.2 Å². The van der Waals surface area contributed by atoms with Crippen molar-refractivity contribution >= 4 is 34.0 Å². The van der Waals surface area contributed by atoms with Crippen LogP contribution in [-0.2, 0) is 11.2 Å². The van der Waals surface area contributed by atoms with Gasteiger partial charge < -0.3 is 16.0 Å². The van der Waals surface area contributed by atoms with E-state index >= 15 is 0 Å². The van der Waals surface area contributed by atoms with Crippen LogP contribution < -0.4 is 16.0 Å². The van der Waals surface area contributed by atoms with Gasteiger partial charge in [0.25, 0.3) is 5.91 Å². The molecule has 4 aliphatic rings. The molecule has 6 nitrogen and oxygen atoms in total. The number of anilines is 2. The van der Waals surface area contributed by atoms with Crippen molar-refractivity contribution in [2.45, 2.75) is 51.6 Å². The zero-order valence-corrected chi connectivity index (χ0v) is 17.6. The van der Waals surface area contributed by atoms with Crippen LogP contribution in [0.1, 0.15) is 53.5 Å². The summed E-state index contributed by atoms with van der Waals surface area (Å²) in [5.74, 6) is 0.533. The average molecular weight is 411 g/mol. The summed E-state index contributed by atoms with van der Waals surface area (Å²) in [6, 6.07) is 7.66. The normalized spacial score (nSPS) is 29.9. The van der Waals surface area contributed by atoms with Gasteiger partial charge in [0.15, 0.2) is 5.13 Å². The SMILES string of the molecule is CCc1nc(NC(=O)[C@@H]2C[C@@H]3CC[C@@H]2C[C@@]32NC(=O)c3ccccc3N2)sc1C. The van der Waals surface area contributed by atoms with Gasteiger partial charge in [0.1, 0.15) is 5.66 Å². The molecule has 0 unspecified atom stereocenters. The third-order valence-corrected chi connectivity index (χ3v) is 7.86. The Balaban J connectivity index is 1.34. The van der Waals surface area contributed by atoms with Crippen LogP contribution in [0.2, 0.25) is 0 Å². The lowest BCUT2D eigenvalue weighted by Gasteiger charge is -2.56. The van der Waals surface area contributed by atoms with Gasteiger partial charge in [0.2, 0.25) is 5.91 Å². The molecule has 4 atom stereocenters. The molecular formula is C22H26N4O2S. The average Bonchev–Trinajstić information content (AvgIpc) is 3.07. The predicted molar refractivity (Wildman–Crippen MR) is 114 cm³/mol. The van der Waals surface area contributed by atoms with Crippen LogP contribution in [0.4, 0.5) is 10.8 Å². The first-order valence-corrected chi connectivity index (χ1v) is 11.3. The van der Waals surface area contributed by atoms with Crippen LogP contribution >= 0.6 is 11.3 Å². The lowest BCUT2D eigenvalue weighted by atomic mass is 9.58. The molecule has 2 bridgehead atoms. The third kappa shape index (κ3) is 3.03. The highest BCUT2D eigenvalue weighted by atomic mass is 32.1. The molecule has 1 aliphatic heterocycles. The maximum Gasteiger partial charge on any atom is 0.255 e. The second kappa shape index (κ2) is 6.83. The van der Waals surface area contributed by atoms with Crippen LogP contribution in [0.15, 0.2) is 24.3 Å². The first-order valence-electron chi connectivity index (χ1n) is 10.5. The number of nitrogens with one attached hydrogen (secondary N) is 3. The molecule has 3 aliphatic carbocycles. The molecular weight excluding hydrogens is 384 g/mol. The number of benzene rings is 1. The van der Waals surface area contributed by atoms with Crippen LogP contribution in [0.5, 0.6) is 0 Å². The van der Waals surface area contributed by atoms with Crippen molar-refractivity contribution in [3.05, 3.63) is 40.4 Å². The number of hydrogen-bond donors (Lipinski definition) is 3. The van der Waals surface area contributed by atoms with Gasteiger partial charge in [-0.2, -0.15) is 0 Å². The zero-order valence-electron chi connectivity index (χ0n) is 16.7. The number of rotatable bonds is 3. The standard InChI is InChI=1S/C22H26N4O2S/c1-3-17-12(2)29-21(23-17)24-19(27)16-10-14-9-8-13(16)11-22(14)25-18-7-5-4-6-15(18)20(28)26-22/h4-7,13-14,16,25H,3,8-11H2,1-2H3,(H,26,28)(H,23,24,27)/t13-,14+,16-,22-/m1/s1. The molecule has 6 rings (SSSR count). The van der Waals surface area contributed by atoms with Gasteiger partial charge in [0.05, 0.1) is 11.3 Å². The molecule has 29 heavy (non-hydrogen) atoms. The van der Waals surface area contributed by atoms with E-state index in [-0.39, 0.29) is 29.6 Å². The third-order valence-electron chi connectivity index (χ3n) is 6.93. The monoisotopic (exact) mass is 410 g/mol. The Kier molecular flexibility index (Phi) is 4.38. The fourth-order valence-corrected chi connectivity index (χ4v) is 6.38. The van der Waals surface area contributed by atoms with Crippen molar-refractivity contribution in [2.75, 3.05) is 10.6 Å². The Labute approximate surface area is 174 Å². The van der Waals surface area contributed by atoms with Gasteiger partial charge in [-0.15, -0.1) is 11.3 Å². The van der Waals surface area contributed by atoms with E-state index in [2.05, 4.69) is 27.9 Å². The maximum atomic E-state index is 13.0. The predicted octanol–water partition coefficient (Wildman–Crippen LogP) is 3.94. The van der Waals surface area contributed by atoms with Crippen LogP contribution in [-0.4, -0.2) is 22.5 Å². The van der Waals surface area contributed by atoms with Gasteiger partial charge in [-0.3, -0.25) is 9.59 Å². The van der Waals surface area contributed by atoms with Gasteiger partial charge >= 0.3 is 0 Å². The smallest absolute Gasteiger partial charge is 0.255 e.